The predicted octanol–water partition coefficient (Wildman–Crippen LogP) is 27.8. The van der Waals surface area contributed by atoms with Crippen molar-refractivity contribution in [1.29, 1.82) is 0 Å². The van der Waals surface area contributed by atoms with E-state index in [9.17, 15) is 0 Å². The van der Waals surface area contributed by atoms with E-state index in [1.165, 1.54) is 116 Å². The van der Waals surface area contributed by atoms with E-state index in [-0.39, 0.29) is 0 Å². The van der Waals surface area contributed by atoms with Crippen LogP contribution in [0.3, 0.4) is 0 Å². The molecule has 1 unspecified atom stereocenters. The van der Waals surface area contributed by atoms with Crippen molar-refractivity contribution in [2.45, 2.75) is 38.0 Å². The summed E-state index contributed by atoms with van der Waals surface area (Å²) in [5.74, 6) is 0.392. The minimum absolute atomic E-state index is 0.392. The summed E-state index contributed by atoms with van der Waals surface area (Å²) in [6, 6.07) is 105. The van der Waals surface area contributed by atoms with Gasteiger partial charge in [-0.3, -0.25) is 0 Å². The average molecular weight is 1360 g/mol. The number of nitrogens with zero attached hydrogens (tertiary/aromatic N) is 4. The Bertz CT molecular complexity index is 6190. The number of hydrogen-bond donors (Lipinski definition) is 0. The fraction of sp³-hybridized carbons (Fsp3) is 0.0588. The molecular weight excluding hydrogens is 1280 g/mol. The van der Waals surface area contributed by atoms with Crippen molar-refractivity contribution in [2.24, 2.45) is 0 Å². The number of aromatic nitrogens is 3. The molecule has 3 aromatic heterocycles. The van der Waals surface area contributed by atoms with E-state index in [0.29, 0.717) is 5.92 Å². The highest BCUT2D eigenvalue weighted by Crippen LogP contribution is 2.43. The number of hydrogen-bond acceptors (Lipinski definition) is 1. The lowest BCUT2D eigenvalue weighted by Crippen LogP contribution is -2.10. The first kappa shape index (κ1) is 64.8. The molecule has 0 radical (unpaired) electrons. The molecule has 3 aliphatic carbocycles. The van der Waals surface area contributed by atoms with E-state index in [1.54, 1.807) is 0 Å². The smallest absolute Gasteiger partial charge is 0.0541 e. The molecule has 15 aromatic rings. The monoisotopic (exact) mass is 1360 g/mol. The van der Waals surface area contributed by atoms with Crippen LogP contribution in [-0.4, -0.2) is 13.7 Å². The highest BCUT2D eigenvalue weighted by Gasteiger charge is 2.22. The lowest BCUT2D eigenvalue weighted by molar-refractivity contribution is 0.854. The van der Waals surface area contributed by atoms with Crippen molar-refractivity contribution in [3.63, 3.8) is 0 Å². The highest BCUT2D eigenvalue weighted by atomic mass is 15.1. The Morgan fingerprint density at radius 2 is 0.943 bits per heavy atom. The molecule has 506 valence electrons. The quantitative estimate of drug-likeness (QED) is 0.0783. The molecule has 0 amide bonds. The van der Waals surface area contributed by atoms with Crippen molar-refractivity contribution in [1.82, 2.24) is 13.7 Å². The van der Waals surface area contributed by atoms with Gasteiger partial charge in [-0.2, -0.15) is 0 Å². The molecule has 106 heavy (non-hydrogen) atoms. The van der Waals surface area contributed by atoms with E-state index in [1.807, 2.05) is 12.2 Å². The number of anilines is 3. The maximum Gasteiger partial charge on any atom is 0.0541 e. The summed E-state index contributed by atoms with van der Waals surface area (Å²) < 4.78 is 7.17. The standard InChI is InChI=1S/C102H78N4/c1-3-71(36-64-93-91-32-17-19-34-98(91)104(97(93)4-2)85-28-13-7-14-29-85)22-21-23-72-37-65-100-94(68-72)96-70-84(82-44-40-76(41-45-82)75-38-42-81(43-39-75)83-54-66-101-95(69-83)92-33-18-20-35-99(92)105(101)86-30-15-8-16-31-86)55-67-102(96)106(100)90-62-52-80(53-63-90)79-50-60-89(61-51-79)103(87-56-46-77(47-57-87)73-24-9-5-10-25-73)88-58-48-78(49-59-88)74-26-11-6-12-27-74/h3-5,7-11,13-24,26-52,54-62,64-70,73H,1-2,6,12,25,53,63H2/b23-21+,64-36+,71-22+. The van der Waals surface area contributed by atoms with Crippen LogP contribution in [0.15, 0.2) is 383 Å². The summed E-state index contributed by atoms with van der Waals surface area (Å²) in [5.41, 5.74) is 30.7. The number of benzene rings is 12. The lowest BCUT2D eigenvalue weighted by Gasteiger charge is -2.27. The van der Waals surface area contributed by atoms with Crippen LogP contribution >= 0.6 is 0 Å². The van der Waals surface area contributed by atoms with Gasteiger partial charge in [-0.15, -0.1) is 0 Å². The van der Waals surface area contributed by atoms with E-state index in [0.717, 1.165) is 88.5 Å². The van der Waals surface area contributed by atoms with Gasteiger partial charge in [0.15, 0.2) is 0 Å². The zero-order valence-corrected chi connectivity index (χ0v) is 59.2. The lowest BCUT2D eigenvalue weighted by atomic mass is 9.92. The third-order valence-corrected chi connectivity index (χ3v) is 21.6. The second-order valence-electron chi connectivity index (χ2n) is 27.8. The molecule has 0 saturated heterocycles. The molecule has 1 atom stereocenters. The summed E-state index contributed by atoms with van der Waals surface area (Å²) in [7, 11) is 0. The Hall–Kier alpha value is -13.3. The molecule has 0 bridgehead atoms. The maximum absolute atomic E-state index is 4.28. The van der Waals surface area contributed by atoms with Crippen LogP contribution in [0.4, 0.5) is 17.1 Å². The van der Waals surface area contributed by atoms with Crippen LogP contribution in [-0.2, 0) is 0 Å². The van der Waals surface area contributed by atoms with Gasteiger partial charge in [0, 0.05) is 72.5 Å². The van der Waals surface area contributed by atoms with Crippen LogP contribution < -0.4 is 4.90 Å². The number of rotatable bonds is 18. The topological polar surface area (TPSA) is 18.0 Å². The second-order valence-corrected chi connectivity index (χ2v) is 27.8. The Balaban J connectivity index is 0.657. The summed E-state index contributed by atoms with van der Waals surface area (Å²) in [4.78, 5) is 2.39. The SMILES string of the molecule is C=CC(/C=C/c1c(C=C)n(-c2ccccc2)c2ccccc12)=C\C=C\c1ccc2c(c1)c1cc(-c3ccc(-c4ccc(-c5ccc6c(c5)c5ccccc5n6-c5ccccc5)cc4)cc3)ccc1n2C1=CC=C(c2ccc(N(c3ccc(C4=CCCC=C4)cc3)c3ccc(C4C=CC=CC4)cc3)cc2)CC1. The van der Waals surface area contributed by atoms with Crippen LogP contribution in [0.5, 0.6) is 0 Å². The number of allylic oxidation sites excluding steroid dienone is 17. The minimum atomic E-state index is 0.392. The summed E-state index contributed by atoms with van der Waals surface area (Å²) >= 11 is 0. The van der Waals surface area contributed by atoms with Crippen molar-refractivity contribution in [3.8, 4) is 44.8 Å². The largest absolute Gasteiger partial charge is 0.313 e. The number of para-hydroxylation sites is 4. The Morgan fingerprint density at radius 1 is 0.415 bits per heavy atom. The predicted molar refractivity (Wildman–Crippen MR) is 454 cm³/mol. The van der Waals surface area contributed by atoms with Crippen LogP contribution in [0.25, 0.3) is 134 Å². The molecule has 3 aliphatic rings. The van der Waals surface area contributed by atoms with E-state index >= 15 is 0 Å². The van der Waals surface area contributed by atoms with E-state index in [4.69, 9.17) is 0 Å². The van der Waals surface area contributed by atoms with Gasteiger partial charge in [-0.1, -0.05) is 274 Å². The van der Waals surface area contributed by atoms with Gasteiger partial charge in [-0.05, 0) is 226 Å². The molecular formula is C102H78N4. The van der Waals surface area contributed by atoms with Crippen molar-refractivity contribution in [3.05, 3.63) is 416 Å². The molecule has 0 aliphatic heterocycles. The van der Waals surface area contributed by atoms with Gasteiger partial charge in [-0.25, -0.2) is 0 Å². The normalized spacial score (nSPS) is 14.6. The summed E-state index contributed by atoms with van der Waals surface area (Å²) in [6.07, 6.45) is 40.2. The Labute approximate surface area is 620 Å². The third-order valence-electron chi connectivity index (χ3n) is 21.6. The van der Waals surface area contributed by atoms with Gasteiger partial charge < -0.3 is 18.6 Å². The third kappa shape index (κ3) is 12.4. The average Bonchev–Trinajstić information content (AvgIpc) is 1.66. The van der Waals surface area contributed by atoms with Crippen molar-refractivity contribution < 1.29 is 0 Å². The molecule has 0 N–H and O–H groups in total. The summed E-state index contributed by atoms with van der Waals surface area (Å²) in [6.45, 7) is 8.52. The molecule has 12 aromatic carbocycles. The first-order valence-electron chi connectivity index (χ1n) is 37.1. The van der Waals surface area contributed by atoms with Gasteiger partial charge in [0.05, 0.1) is 33.3 Å². The minimum Gasteiger partial charge on any atom is -0.313 e. The second kappa shape index (κ2) is 28.5. The molecule has 4 nitrogen and oxygen atoms in total. The molecule has 0 spiro atoms. The van der Waals surface area contributed by atoms with Crippen LogP contribution in [0.1, 0.15) is 71.5 Å². The molecule has 18 rings (SSSR count). The number of fused-ring (bicyclic) bond motifs is 7. The van der Waals surface area contributed by atoms with E-state index < -0.39 is 0 Å². The van der Waals surface area contributed by atoms with Gasteiger partial charge in [0.1, 0.15) is 0 Å². The molecule has 0 saturated carbocycles. The van der Waals surface area contributed by atoms with Gasteiger partial charge in [0.2, 0.25) is 0 Å². The van der Waals surface area contributed by atoms with Crippen LogP contribution in [0.2, 0.25) is 0 Å². The molecule has 0 fully saturated rings. The Kier molecular flexibility index (Phi) is 17.4. The first-order chi connectivity index (χ1) is 52.5. The van der Waals surface area contributed by atoms with Crippen molar-refractivity contribution in [2.75, 3.05) is 4.90 Å². The maximum atomic E-state index is 4.28. The molecule has 4 heteroatoms. The fourth-order valence-electron chi connectivity index (χ4n) is 16.2. The first-order valence-corrected chi connectivity index (χ1v) is 37.1. The zero-order chi connectivity index (χ0) is 70.9. The van der Waals surface area contributed by atoms with Gasteiger partial charge in [0.25, 0.3) is 0 Å². The summed E-state index contributed by atoms with van der Waals surface area (Å²) in [5, 5.41) is 6.10. The fourth-order valence-corrected chi connectivity index (χ4v) is 16.2. The van der Waals surface area contributed by atoms with Crippen molar-refractivity contribution >= 4 is 107 Å². The molecule has 3 heterocycles. The van der Waals surface area contributed by atoms with Crippen LogP contribution in [0, 0.1) is 0 Å². The zero-order valence-electron chi connectivity index (χ0n) is 59.2. The van der Waals surface area contributed by atoms with E-state index in [2.05, 4.69) is 402 Å². The van der Waals surface area contributed by atoms with Gasteiger partial charge >= 0.3 is 0 Å². The highest BCUT2D eigenvalue weighted by molar-refractivity contribution is 6.13. The Morgan fingerprint density at radius 3 is 1.54 bits per heavy atom.